The number of hydrogen-bond donors (Lipinski definition) is 0. The fourth-order valence-electron chi connectivity index (χ4n) is 2.21. The number of pyridine rings is 1. The number of ether oxygens (including phenoxy) is 1. The smallest absolute Gasteiger partial charge is 0.343 e. The first-order valence-corrected chi connectivity index (χ1v) is 7.44. The van der Waals surface area contributed by atoms with Crippen LogP contribution >= 0.6 is 0 Å². The third-order valence-corrected chi connectivity index (χ3v) is 3.60. The van der Waals surface area contributed by atoms with E-state index in [-0.39, 0.29) is 5.97 Å². The van der Waals surface area contributed by atoms with E-state index in [1.54, 1.807) is 24.3 Å². The number of carbonyl (C=O) groups excluding carboxylic acids is 1. The maximum atomic E-state index is 12.2. The maximum absolute atomic E-state index is 12.2. The van der Waals surface area contributed by atoms with Crippen molar-refractivity contribution in [1.29, 1.82) is 0 Å². The Morgan fingerprint density at radius 1 is 0.826 bits per heavy atom. The molecule has 0 radical (unpaired) electrons. The number of carbonyl (C=O) groups is 1. The summed E-state index contributed by atoms with van der Waals surface area (Å²) in [6, 6.07) is 18.7. The van der Waals surface area contributed by atoms with E-state index in [2.05, 4.69) is 4.98 Å². The highest BCUT2D eigenvalue weighted by Crippen LogP contribution is 2.20. The largest absolute Gasteiger partial charge is 0.423 e. The molecule has 3 heteroatoms. The molecule has 3 aromatic rings. The van der Waals surface area contributed by atoms with Gasteiger partial charge in [0.1, 0.15) is 5.75 Å². The molecule has 0 aliphatic heterocycles. The van der Waals surface area contributed by atoms with E-state index in [1.165, 1.54) is 0 Å². The van der Waals surface area contributed by atoms with Crippen LogP contribution in [0.3, 0.4) is 0 Å². The average molecular weight is 303 g/mol. The van der Waals surface area contributed by atoms with E-state index in [0.717, 1.165) is 22.4 Å². The number of aryl methyl sites for hydroxylation is 2. The summed E-state index contributed by atoms with van der Waals surface area (Å²) in [5.41, 5.74) is 4.67. The molecule has 1 heterocycles. The van der Waals surface area contributed by atoms with Crippen molar-refractivity contribution in [3.05, 3.63) is 83.7 Å². The Balaban J connectivity index is 1.74. The van der Waals surface area contributed by atoms with Gasteiger partial charge in [-0.05, 0) is 49.7 Å². The van der Waals surface area contributed by atoms with Gasteiger partial charge in [-0.15, -0.1) is 0 Å². The second kappa shape index (κ2) is 6.44. The number of rotatable bonds is 3. The van der Waals surface area contributed by atoms with Crippen LogP contribution in [0.2, 0.25) is 0 Å². The van der Waals surface area contributed by atoms with E-state index >= 15 is 0 Å². The number of benzene rings is 2. The molecule has 0 aliphatic carbocycles. The molecule has 0 spiro atoms. The third kappa shape index (κ3) is 3.64. The molecule has 3 rings (SSSR count). The molecule has 3 nitrogen and oxygen atoms in total. The molecule has 0 unspecified atom stereocenters. The van der Waals surface area contributed by atoms with Crippen molar-refractivity contribution in [2.75, 3.05) is 0 Å². The molecule has 0 saturated heterocycles. The second-order valence-corrected chi connectivity index (χ2v) is 5.47. The molecule has 0 bridgehead atoms. The van der Waals surface area contributed by atoms with E-state index < -0.39 is 0 Å². The molecular weight excluding hydrogens is 286 g/mol. The molecule has 23 heavy (non-hydrogen) atoms. The normalized spacial score (nSPS) is 10.3. The van der Waals surface area contributed by atoms with Gasteiger partial charge in [0.05, 0.1) is 5.56 Å². The third-order valence-electron chi connectivity index (χ3n) is 3.60. The fraction of sp³-hybridized carbons (Fsp3) is 0.100. The number of nitrogens with zero attached hydrogens (tertiary/aromatic N) is 1. The highest BCUT2D eigenvalue weighted by Gasteiger charge is 2.09. The topological polar surface area (TPSA) is 39.2 Å². The van der Waals surface area contributed by atoms with Gasteiger partial charge in [-0.3, -0.25) is 4.98 Å². The molecule has 0 fully saturated rings. The maximum Gasteiger partial charge on any atom is 0.343 e. The standard InChI is InChI=1S/C20H17NO2/c1-14-3-11-19(12-4-14)23-20(22)17-9-7-16(8-10-17)18-6-5-15(2)21-13-18/h3-13H,1-2H3. The van der Waals surface area contributed by atoms with Crippen LogP contribution in [-0.2, 0) is 0 Å². The van der Waals surface area contributed by atoms with Crippen LogP contribution in [0.15, 0.2) is 66.9 Å². The summed E-state index contributed by atoms with van der Waals surface area (Å²) in [6.07, 6.45) is 1.83. The van der Waals surface area contributed by atoms with Crippen molar-refractivity contribution < 1.29 is 9.53 Å². The number of esters is 1. The number of aromatic nitrogens is 1. The monoisotopic (exact) mass is 303 g/mol. The zero-order valence-electron chi connectivity index (χ0n) is 13.1. The van der Waals surface area contributed by atoms with Crippen LogP contribution in [-0.4, -0.2) is 11.0 Å². The first-order valence-electron chi connectivity index (χ1n) is 7.44. The van der Waals surface area contributed by atoms with Crippen molar-refractivity contribution in [1.82, 2.24) is 4.98 Å². The zero-order valence-corrected chi connectivity index (χ0v) is 13.1. The van der Waals surface area contributed by atoms with Crippen LogP contribution < -0.4 is 4.74 Å². The summed E-state index contributed by atoms with van der Waals surface area (Å²) in [6.45, 7) is 3.94. The molecule has 0 aliphatic rings. The minimum absolute atomic E-state index is 0.359. The highest BCUT2D eigenvalue weighted by atomic mass is 16.5. The lowest BCUT2D eigenvalue weighted by molar-refractivity contribution is 0.0735. The lowest BCUT2D eigenvalue weighted by Crippen LogP contribution is -2.08. The Morgan fingerprint density at radius 3 is 2.09 bits per heavy atom. The van der Waals surface area contributed by atoms with Crippen molar-refractivity contribution >= 4 is 5.97 Å². The van der Waals surface area contributed by atoms with E-state index in [0.29, 0.717) is 11.3 Å². The highest BCUT2D eigenvalue weighted by molar-refractivity contribution is 5.91. The lowest BCUT2D eigenvalue weighted by atomic mass is 10.1. The first-order chi connectivity index (χ1) is 11.1. The Labute approximate surface area is 135 Å². The second-order valence-electron chi connectivity index (χ2n) is 5.47. The van der Waals surface area contributed by atoms with Crippen LogP contribution in [0.4, 0.5) is 0 Å². The van der Waals surface area contributed by atoms with Gasteiger partial charge in [-0.2, -0.15) is 0 Å². The van der Waals surface area contributed by atoms with Gasteiger partial charge in [0.15, 0.2) is 0 Å². The zero-order chi connectivity index (χ0) is 16.2. The van der Waals surface area contributed by atoms with Gasteiger partial charge < -0.3 is 4.74 Å². The molecule has 0 atom stereocenters. The van der Waals surface area contributed by atoms with E-state index in [1.807, 2.05) is 56.4 Å². The Bertz CT molecular complexity index is 804. The molecule has 0 saturated carbocycles. The fourth-order valence-corrected chi connectivity index (χ4v) is 2.21. The SMILES string of the molecule is Cc1ccc(OC(=O)c2ccc(-c3ccc(C)nc3)cc2)cc1. The predicted octanol–water partition coefficient (Wildman–Crippen LogP) is 4.58. The Hall–Kier alpha value is -2.94. The Morgan fingerprint density at radius 2 is 1.48 bits per heavy atom. The molecule has 2 aromatic carbocycles. The van der Waals surface area contributed by atoms with Crippen LogP contribution in [0.1, 0.15) is 21.6 Å². The number of hydrogen-bond acceptors (Lipinski definition) is 3. The summed E-state index contributed by atoms with van der Waals surface area (Å²) in [5.74, 6) is 0.190. The summed E-state index contributed by atoms with van der Waals surface area (Å²) >= 11 is 0. The van der Waals surface area contributed by atoms with Crippen molar-refractivity contribution in [2.45, 2.75) is 13.8 Å². The predicted molar refractivity (Wildman–Crippen MR) is 90.5 cm³/mol. The van der Waals surface area contributed by atoms with Crippen molar-refractivity contribution in [3.8, 4) is 16.9 Å². The lowest BCUT2D eigenvalue weighted by Gasteiger charge is -2.06. The minimum atomic E-state index is -0.359. The van der Waals surface area contributed by atoms with Gasteiger partial charge in [0.2, 0.25) is 0 Å². The van der Waals surface area contributed by atoms with Gasteiger partial charge >= 0.3 is 5.97 Å². The average Bonchev–Trinajstić information content (AvgIpc) is 2.58. The quantitative estimate of drug-likeness (QED) is 0.525. The van der Waals surface area contributed by atoms with E-state index in [4.69, 9.17) is 4.74 Å². The van der Waals surface area contributed by atoms with Gasteiger partial charge in [-0.1, -0.05) is 35.9 Å². The summed E-state index contributed by atoms with van der Waals surface area (Å²) < 4.78 is 5.37. The molecule has 0 N–H and O–H groups in total. The van der Waals surface area contributed by atoms with E-state index in [9.17, 15) is 4.79 Å². The Kier molecular flexibility index (Phi) is 4.20. The van der Waals surface area contributed by atoms with Crippen LogP contribution in [0.25, 0.3) is 11.1 Å². The van der Waals surface area contributed by atoms with Crippen molar-refractivity contribution in [2.24, 2.45) is 0 Å². The minimum Gasteiger partial charge on any atom is -0.423 e. The van der Waals surface area contributed by atoms with Gasteiger partial charge in [0, 0.05) is 17.5 Å². The van der Waals surface area contributed by atoms with Crippen molar-refractivity contribution in [3.63, 3.8) is 0 Å². The summed E-state index contributed by atoms with van der Waals surface area (Å²) in [4.78, 5) is 16.4. The molecule has 0 amide bonds. The van der Waals surface area contributed by atoms with Crippen LogP contribution in [0.5, 0.6) is 5.75 Å². The first kappa shape index (κ1) is 15.0. The van der Waals surface area contributed by atoms with Gasteiger partial charge in [-0.25, -0.2) is 4.79 Å². The van der Waals surface area contributed by atoms with Crippen LogP contribution in [0, 0.1) is 13.8 Å². The summed E-state index contributed by atoms with van der Waals surface area (Å²) in [5, 5.41) is 0. The molecule has 1 aromatic heterocycles. The molecular formula is C20H17NO2. The summed E-state index contributed by atoms with van der Waals surface area (Å²) in [7, 11) is 0. The van der Waals surface area contributed by atoms with Gasteiger partial charge in [0.25, 0.3) is 0 Å². The molecule has 114 valence electrons.